The number of hydrogen-bond donors (Lipinski definition) is 2. The van der Waals surface area contributed by atoms with E-state index in [0.717, 1.165) is 6.42 Å². The van der Waals surface area contributed by atoms with E-state index < -0.39 is 5.97 Å². The second-order valence-corrected chi connectivity index (χ2v) is 2.68. The Morgan fingerprint density at radius 1 is 1.54 bits per heavy atom. The zero-order chi connectivity index (χ0) is 9.68. The van der Waals surface area contributed by atoms with E-state index in [1.54, 1.807) is 0 Å². The van der Waals surface area contributed by atoms with Crippen LogP contribution < -0.4 is 0 Å². The van der Waals surface area contributed by atoms with Crippen LogP contribution in [0.1, 0.15) is 23.3 Å². The van der Waals surface area contributed by atoms with Gasteiger partial charge in [0.15, 0.2) is 0 Å². The van der Waals surface area contributed by atoms with Crippen molar-refractivity contribution < 1.29 is 15.0 Å². The lowest BCUT2D eigenvalue weighted by Crippen LogP contribution is -2.10. The van der Waals surface area contributed by atoms with Gasteiger partial charge in [-0.25, -0.2) is 4.79 Å². The van der Waals surface area contributed by atoms with E-state index in [1.807, 2.05) is 0 Å². The van der Waals surface area contributed by atoms with Crippen molar-refractivity contribution in [3.05, 3.63) is 18.0 Å². The van der Waals surface area contributed by atoms with Crippen LogP contribution in [0.5, 0.6) is 0 Å². The molecular formula is C8H12N2O3. The van der Waals surface area contributed by atoms with E-state index in [4.69, 9.17) is 10.2 Å². The third-order valence-electron chi connectivity index (χ3n) is 1.71. The maximum atomic E-state index is 10.6. The molecule has 0 radical (unpaired) electrons. The number of carboxylic acid groups (broad SMARTS) is 1. The minimum Gasteiger partial charge on any atom is -0.477 e. The third-order valence-corrected chi connectivity index (χ3v) is 1.71. The maximum absolute atomic E-state index is 10.6. The van der Waals surface area contributed by atoms with Crippen LogP contribution >= 0.6 is 0 Å². The average Bonchev–Trinajstić information content (AvgIpc) is 2.53. The Labute approximate surface area is 75.6 Å². The van der Waals surface area contributed by atoms with Crippen molar-refractivity contribution in [2.75, 3.05) is 6.61 Å². The lowest BCUT2D eigenvalue weighted by atomic mass is 10.3. The summed E-state index contributed by atoms with van der Waals surface area (Å²) in [5.74, 6) is -0.971. The normalized spacial score (nSPS) is 10.2. The number of aliphatic hydroxyl groups is 1. The van der Waals surface area contributed by atoms with Gasteiger partial charge in [0, 0.05) is 19.3 Å². The standard InChI is InChI=1S/C8H12N2O3/c11-6-2-1-5-10-7(8(12)13)3-4-9-10/h3-4,11H,1-2,5-6H2,(H,12,13). The summed E-state index contributed by atoms with van der Waals surface area (Å²) >= 11 is 0. The van der Waals surface area contributed by atoms with Gasteiger partial charge < -0.3 is 10.2 Å². The van der Waals surface area contributed by atoms with Crippen molar-refractivity contribution in [3.8, 4) is 0 Å². The number of carbonyl (C=O) groups is 1. The molecule has 13 heavy (non-hydrogen) atoms. The summed E-state index contributed by atoms with van der Waals surface area (Å²) in [6, 6.07) is 1.46. The summed E-state index contributed by atoms with van der Waals surface area (Å²) in [6.07, 6.45) is 2.86. The zero-order valence-electron chi connectivity index (χ0n) is 7.18. The molecule has 0 saturated carbocycles. The van der Waals surface area contributed by atoms with Gasteiger partial charge in [0.2, 0.25) is 0 Å². The molecule has 0 amide bonds. The van der Waals surface area contributed by atoms with Gasteiger partial charge in [-0.2, -0.15) is 5.10 Å². The molecule has 0 spiro atoms. The highest BCUT2D eigenvalue weighted by atomic mass is 16.4. The van der Waals surface area contributed by atoms with Crippen molar-refractivity contribution in [1.29, 1.82) is 0 Å². The van der Waals surface area contributed by atoms with E-state index in [9.17, 15) is 4.79 Å². The third kappa shape index (κ3) is 2.55. The van der Waals surface area contributed by atoms with Crippen LogP contribution in [0.25, 0.3) is 0 Å². The Bertz CT molecular complexity index is 283. The van der Waals surface area contributed by atoms with Gasteiger partial charge in [-0.05, 0) is 18.9 Å². The molecule has 0 aliphatic carbocycles. The van der Waals surface area contributed by atoms with Crippen LogP contribution in [-0.4, -0.2) is 32.6 Å². The molecule has 0 fully saturated rings. The Kier molecular flexibility index (Phi) is 3.45. The van der Waals surface area contributed by atoms with E-state index in [1.165, 1.54) is 16.9 Å². The summed E-state index contributed by atoms with van der Waals surface area (Å²) in [7, 11) is 0. The van der Waals surface area contributed by atoms with Crippen LogP contribution in [-0.2, 0) is 6.54 Å². The average molecular weight is 184 g/mol. The number of carboxylic acids is 1. The number of hydrogen-bond acceptors (Lipinski definition) is 3. The van der Waals surface area contributed by atoms with Crippen molar-refractivity contribution in [2.24, 2.45) is 0 Å². The van der Waals surface area contributed by atoms with E-state index in [2.05, 4.69) is 5.10 Å². The maximum Gasteiger partial charge on any atom is 0.354 e. The fraction of sp³-hybridized carbons (Fsp3) is 0.500. The number of aromatic carboxylic acids is 1. The summed E-state index contributed by atoms with van der Waals surface area (Å²) < 4.78 is 1.43. The highest BCUT2D eigenvalue weighted by Crippen LogP contribution is 2.01. The first-order chi connectivity index (χ1) is 6.25. The molecule has 0 bridgehead atoms. The molecule has 0 saturated heterocycles. The molecule has 1 heterocycles. The minimum absolute atomic E-state index is 0.129. The lowest BCUT2D eigenvalue weighted by molar-refractivity contribution is 0.0683. The molecule has 5 heteroatoms. The molecule has 1 aromatic rings. The van der Waals surface area contributed by atoms with E-state index in [-0.39, 0.29) is 12.3 Å². The molecule has 0 aromatic carbocycles. The summed E-state index contributed by atoms with van der Waals surface area (Å²) in [5, 5.41) is 21.1. The van der Waals surface area contributed by atoms with E-state index in [0.29, 0.717) is 13.0 Å². The Balaban J connectivity index is 2.55. The zero-order valence-corrected chi connectivity index (χ0v) is 7.18. The highest BCUT2D eigenvalue weighted by Gasteiger charge is 2.08. The molecule has 0 unspecified atom stereocenters. The molecule has 2 N–H and O–H groups in total. The van der Waals surface area contributed by atoms with Crippen molar-refractivity contribution in [2.45, 2.75) is 19.4 Å². The molecule has 72 valence electrons. The van der Waals surface area contributed by atoms with Gasteiger partial charge in [-0.15, -0.1) is 0 Å². The quantitative estimate of drug-likeness (QED) is 0.647. The second-order valence-electron chi connectivity index (χ2n) is 2.68. The molecule has 1 rings (SSSR count). The monoisotopic (exact) mass is 184 g/mol. The molecular weight excluding hydrogens is 172 g/mol. The topological polar surface area (TPSA) is 75.3 Å². The molecule has 0 atom stereocenters. The van der Waals surface area contributed by atoms with Gasteiger partial charge in [0.1, 0.15) is 5.69 Å². The summed E-state index contributed by atoms with van der Waals surface area (Å²) in [6.45, 7) is 0.666. The van der Waals surface area contributed by atoms with Gasteiger partial charge in [0.25, 0.3) is 0 Å². The largest absolute Gasteiger partial charge is 0.477 e. The smallest absolute Gasteiger partial charge is 0.354 e. The number of nitrogens with zero attached hydrogens (tertiary/aromatic N) is 2. The predicted molar refractivity (Wildman–Crippen MR) is 45.5 cm³/mol. The number of rotatable bonds is 5. The number of aryl methyl sites for hydroxylation is 1. The summed E-state index contributed by atoms with van der Waals surface area (Å²) in [5.41, 5.74) is 0.193. The fourth-order valence-electron chi connectivity index (χ4n) is 1.07. The predicted octanol–water partition coefficient (Wildman–Crippen LogP) is 0.354. The molecule has 1 aromatic heterocycles. The second kappa shape index (κ2) is 4.61. The van der Waals surface area contributed by atoms with Gasteiger partial charge >= 0.3 is 5.97 Å². The summed E-state index contributed by atoms with van der Waals surface area (Å²) in [4.78, 5) is 10.6. The van der Waals surface area contributed by atoms with Crippen molar-refractivity contribution in [1.82, 2.24) is 9.78 Å². The molecule has 5 nitrogen and oxygen atoms in total. The van der Waals surface area contributed by atoms with Crippen molar-refractivity contribution >= 4 is 5.97 Å². The van der Waals surface area contributed by atoms with Crippen LogP contribution in [0, 0.1) is 0 Å². The van der Waals surface area contributed by atoms with Gasteiger partial charge in [-0.3, -0.25) is 4.68 Å². The Morgan fingerprint density at radius 2 is 2.31 bits per heavy atom. The van der Waals surface area contributed by atoms with Crippen LogP contribution in [0.3, 0.4) is 0 Å². The Morgan fingerprint density at radius 3 is 2.92 bits per heavy atom. The van der Waals surface area contributed by atoms with Crippen molar-refractivity contribution in [3.63, 3.8) is 0 Å². The van der Waals surface area contributed by atoms with E-state index >= 15 is 0 Å². The first-order valence-corrected chi connectivity index (χ1v) is 4.11. The minimum atomic E-state index is -0.971. The van der Waals surface area contributed by atoms with Crippen LogP contribution in [0.4, 0.5) is 0 Å². The number of aliphatic hydroxyl groups excluding tert-OH is 1. The van der Waals surface area contributed by atoms with Gasteiger partial charge in [0.05, 0.1) is 0 Å². The van der Waals surface area contributed by atoms with Crippen LogP contribution in [0.2, 0.25) is 0 Å². The molecule has 0 aliphatic rings. The molecule has 0 aliphatic heterocycles. The number of unbranched alkanes of at least 4 members (excludes halogenated alkanes) is 1. The van der Waals surface area contributed by atoms with Gasteiger partial charge in [-0.1, -0.05) is 0 Å². The first kappa shape index (κ1) is 9.73. The fourth-order valence-corrected chi connectivity index (χ4v) is 1.07. The SMILES string of the molecule is O=C(O)c1ccnn1CCCCO. The van der Waals surface area contributed by atoms with Crippen LogP contribution in [0.15, 0.2) is 12.3 Å². The number of aromatic nitrogens is 2. The highest BCUT2D eigenvalue weighted by molar-refractivity contribution is 5.85. The first-order valence-electron chi connectivity index (χ1n) is 4.11. The lowest BCUT2D eigenvalue weighted by Gasteiger charge is -2.02. The Hall–Kier alpha value is -1.36.